The molecule has 1 fully saturated rings. The monoisotopic (exact) mass is 418 g/mol. The van der Waals surface area contributed by atoms with Crippen LogP contribution in [-0.4, -0.2) is 39.6 Å². The van der Waals surface area contributed by atoms with Crippen molar-refractivity contribution >= 4 is 23.2 Å². The van der Waals surface area contributed by atoms with E-state index in [2.05, 4.69) is 25.2 Å². The Kier molecular flexibility index (Phi) is 6.60. The minimum Gasteiger partial charge on any atom is -0.476 e. The minimum atomic E-state index is -0.762. The molecule has 0 saturated heterocycles. The van der Waals surface area contributed by atoms with Gasteiger partial charge in [0.25, 0.3) is 0 Å². The van der Waals surface area contributed by atoms with Gasteiger partial charge < -0.3 is 14.8 Å². The number of rotatable bonds is 7. The molecule has 1 aliphatic carbocycles. The molecule has 0 atom stereocenters. The van der Waals surface area contributed by atoms with Crippen molar-refractivity contribution in [2.45, 2.75) is 58.2 Å². The Bertz CT molecular complexity index is 884. The first-order valence-electron chi connectivity index (χ1n) is 9.73. The lowest BCUT2D eigenvalue weighted by molar-refractivity contribution is 0.0478. The van der Waals surface area contributed by atoms with Crippen LogP contribution in [0.3, 0.4) is 0 Å². The van der Waals surface area contributed by atoms with E-state index in [1.165, 1.54) is 6.20 Å². The predicted molar refractivity (Wildman–Crippen MR) is 111 cm³/mol. The van der Waals surface area contributed by atoms with E-state index in [1.807, 2.05) is 6.92 Å². The number of methoxy groups -OCH3 is 1. The summed E-state index contributed by atoms with van der Waals surface area (Å²) in [4.78, 5) is 12.3. The highest BCUT2D eigenvalue weighted by Crippen LogP contribution is 2.29. The second-order valence-corrected chi connectivity index (χ2v) is 8.25. The number of hydrogen-bond donors (Lipinski definition) is 1. The van der Waals surface area contributed by atoms with Crippen molar-refractivity contribution in [3.8, 4) is 5.88 Å². The van der Waals surface area contributed by atoms with Gasteiger partial charge >= 0.3 is 5.66 Å². The Hall–Kier alpha value is -2.37. The third-order valence-corrected chi connectivity index (χ3v) is 5.53. The van der Waals surface area contributed by atoms with Crippen molar-refractivity contribution in [2.75, 3.05) is 19.0 Å². The Morgan fingerprint density at radius 2 is 2.07 bits per heavy atom. The molecular formula is C20H27ClN6O2. The standard InChI is InChI=1S/C20H27ClN6O2/c1-13-17(11-27(26-13)20(2,3)22-4)24-19-23-10-16(21)18(25-19)29-12-14-6-8-15(28-5)9-7-14/h10-11,14-15H,6-9,12H2,1-3,5H3,(H,23,24,25). The smallest absolute Gasteiger partial charge is 0.319 e. The lowest BCUT2D eigenvalue weighted by atomic mass is 9.88. The van der Waals surface area contributed by atoms with Crippen molar-refractivity contribution in [3.63, 3.8) is 0 Å². The molecule has 0 bridgehead atoms. The van der Waals surface area contributed by atoms with Crippen LogP contribution in [0.25, 0.3) is 4.85 Å². The van der Waals surface area contributed by atoms with Crippen LogP contribution in [0.5, 0.6) is 5.88 Å². The van der Waals surface area contributed by atoms with Crippen LogP contribution in [0.15, 0.2) is 12.4 Å². The Morgan fingerprint density at radius 1 is 1.34 bits per heavy atom. The van der Waals surface area contributed by atoms with Crippen molar-refractivity contribution < 1.29 is 9.47 Å². The van der Waals surface area contributed by atoms with Crippen LogP contribution in [0.2, 0.25) is 5.02 Å². The predicted octanol–water partition coefficient (Wildman–Crippen LogP) is 4.57. The summed E-state index contributed by atoms with van der Waals surface area (Å²) in [6.45, 7) is 13.4. The summed E-state index contributed by atoms with van der Waals surface area (Å²) >= 11 is 6.23. The fourth-order valence-corrected chi connectivity index (χ4v) is 3.42. The average Bonchev–Trinajstić information content (AvgIpc) is 3.10. The van der Waals surface area contributed by atoms with E-state index in [0.717, 1.165) is 37.1 Å². The SMILES string of the molecule is [C-]#[N+]C(C)(C)n1cc(Nc2ncc(Cl)c(OCC3CCC(OC)CC3)n2)c(C)n1. The number of aryl methyl sites for hydroxylation is 1. The zero-order chi connectivity index (χ0) is 21.0. The number of aromatic nitrogens is 4. The maximum atomic E-state index is 7.33. The molecule has 0 spiro atoms. The van der Waals surface area contributed by atoms with Gasteiger partial charge in [0, 0.05) is 21.0 Å². The number of ether oxygens (including phenoxy) is 2. The first kappa shape index (κ1) is 21.3. The quantitative estimate of drug-likeness (QED) is 0.663. The molecule has 0 aromatic carbocycles. The second-order valence-electron chi connectivity index (χ2n) is 7.84. The molecule has 1 saturated carbocycles. The molecule has 0 radical (unpaired) electrons. The molecule has 156 valence electrons. The molecule has 29 heavy (non-hydrogen) atoms. The molecular weight excluding hydrogens is 392 g/mol. The van der Waals surface area contributed by atoms with E-state index >= 15 is 0 Å². The molecule has 0 amide bonds. The van der Waals surface area contributed by atoms with Gasteiger partial charge in [-0.3, -0.25) is 4.85 Å². The summed E-state index contributed by atoms with van der Waals surface area (Å²) in [6.07, 6.45) is 7.92. The first-order chi connectivity index (χ1) is 13.8. The van der Waals surface area contributed by atoms with Gasteiger partial charge in [-0.2, -0.15) is 14.8 Å². The molecule has 9 heteroatoms. The van der Waals surface area contributed by atoms with E-state index in [4.69, 9.17) is 27.6 Å². The fraction of sp³-hybridized carbons (Fsp3) is 0.600. The van der Waals surface area contributed by atoms with Crippen LogP contribution in [0, 0.1) is 19.4 Å². The number of halogens is 1. The molecule has 1 aliphatic rings. The largest absolute Gasteiger partial charge is 0.476 e. The Balaban J connectivity index is 1.66. The molecule has 3 rings (SSSR count). The zero-order valence-electron chi connectivity index (χ0n) is 17.3. The number of nitrogens with one attached hydrogen (secondary N) is 1. The van der Waals surface area contributed by atoms with Gasteiger partial charge in [-0.25, -0.2) is 11.6 Å². The normalized spacial score (nSPS) is 19.6. The van der Waals surface area contributed by atoms with Crippen LogP contribution in [0.1, 0.15) is 45.2 Å². The summed E-state index contributed by atoms with van der Waals surface area (Å²) in [5.74, 6) is 1.21. The van der Waals surface area contributed by atoms with Gasteiger partial charge in [-0.05, 0) is 38.5 Å². The summed E-state index contributed by atoms with van der Waals surface area (Å²) in [5, 5.41) is 7.94. The topological polar surface area (TPSA) is 78.5 Å². The summed E-state index contributed by atoms with van der Waals surface area (Å²) < 4.78 is 13.0. The second kappa shape index (κ2) is 8.97. The summed E-state index contributed by atoms with van der Waals surface area (Å²) in [7, 11) is 1.77. The average molecular weight is 419 g/mol. The van der Waals surface area contributed by atoms with Gasteiger partial charge in [0.05, 0.1) is 36.5 Å². The number of anilines is 2. The summed E-state index contributed by atoms with van der Waals surface area (Å²) in [5.41, 5.74) is 0.715. The van der Waals surface area contributed by atoms with E-state index in [9.17, 15) is 0 Å². The third-order valence-electron chi connectivity index (χ3n) is 5.27. The van der Waals surface area contributed by atoms with Crippen LogP contribution in [-0.2, 0) is 10.4 Å². The van der Waals surface area contributed by atoms with Crippen LogP contribution < -0.4 is 10.1 Å². The lowest BCUT2D eigenvalue weighted by Gasteiger charge is -2.27. The minimum absolute atomic E-state index is 0.363. The maximum Gasteiger partial charge on any atom is 0.319 e. The molecule has 2 heterocycles. The highest BCUT2D eigenvalue weighted by molar-refractivity contribution is 6.31. The Morgan fingerprint density at radius 3 is 2.72 bits per heavy atom. The molecule has 8 nitrogen and oxygen atoms in total. The van der Waals surface area contributed by atoms with Gasteiger partial charge in [-0.15, -0.1) is 0 Å². The van der Waals surface area contributed by atoms with Crippen molar-refractivity contribution in [2.24, 2.45) is 5.92 Å². The van der Waals surface area contributed by atoms with E-state index in [0.29, 0.717) is 35.5 Å². The number of hydrogen-bond acceptors (Lipinski definition) is 6. The molecule has 1 N–H and O–H groups in total. The molecule has 0 aliphatic heterocycles. The van der Waals surface area contributed by atoms with Gasteiger partial charge in [0.15, 0.2) is 0 Å². The lowest BCUT2D eigenvalue weighted by Crippen LogP contribution is -2.24. The maximum absolute atomic E-state index is 7.33. The highest BCUT2D eigenvalue weighted by Gasteiger charge is 2.27. The summed E-state index contributed by atoms with van der Waals surface area (Å²) in [6, 6.07) is 0. The first-order valence-corrected chi connectivity index (χ1v) is 10.1. The molecule has 2 aromatic heterocycles. The van der Waals surface area contributed by atoms with Crippen LogP contribution >= 0.6 is 11.6 Å². The van der Waals surface area contributed by atoms with E-state index in [1.54, 1.807) is 31.8 Å². The van der Waals surface area contributed by atoms with E-state index < -0.39 is 5.66 Å². The van der Waals surface area contributed by atoms with Crippen molar-refractivity contribution in [1.82, 2.24) is 19.7 Å². The highest BCUT2D eigenvalue weighted by atomic mass is 35.5. The van der Waals surface area contributed by atoms with Crippen molar-refractivity contribution in [1.29, 1.82) is 0 Å². The Labute approximate surface area is 176 Å². The zero-order valence-corrected chi connectivity index (χ0v) is 18.0. The van der Waals surface area contributed by atoms with E-state index in [-0.39, 0.29) is 0 Å². The molecule has 0 unspecified atom stereocenters. The van der Waals surface area contributed by atoms with Crippen LogP contribution in [0.4, 0.5) is 11.6 Å². The van der Waals surface area contributed by atoms with Gasteiger partial charge in [0.2, 0.25) is 11.8 Å². The van der Waals surface area contributed by atoms with Crippen molar-refractivity contribution in [3.05, 3.63) is 34.5 Å². The van der Waals surface area contributed by atoms with Gasteiger partial charge in [0.1, 0.15) is 5.02 Å². The third kappa shape index (κ3) is 5.17. The van der Waals surface area contributed by atoms with Gasteiger partial charge in [-0.1, -0.05) is 11.6 Å². The number of nitrogens with zero attached hydrogens (tertiary/aromatic N) is 5. The fourth-order valence-electron chi connectivity index (χ4n) is 3.28. The molecule has 2 aromatic rings.